The van der Waals surface area contributed by atoms with Gasteiger partial charge in [-0.15, -0.1) is 6.58 Å². The Morgan fingerprint density at radius 2 is 2.03 bits per heavy atom. The van der Waals surface area contributed by atoms with Gasteiger partial charge < -0.3 is 9.47 Å². The van der Waals surface area contributed by atoms with Crippen LogP contribution in [0.25, 0.3) is 0 Å². The standard InChI is InChI=1S/C22H26F3N3O3S/c1-4-10-27(20(29)15(2)3)13-19-12-26-21(28(19)18-8-9-18)32(30,31)14-16-6-5-7-17(11-16)22(23,24)25/h4-7,11-12,15,18H,1,8-10,13-14H2,2-3H3. The largest absolute Gasteiger partial charge is 0.416 e. The maximum Gasteiger partial charge on any atom is 0.416 e. The van der Waals surface area contributed by atoms with Crippen molar-refractivity contribution in [3.63, 3.8) is 0 Å². The van der Waals surface area contributed by atoms with Crippen molar-refractivity contribution in [3.8, 4) is 0 Å². The van der Waals surface area contributed by atoms with Gasteiger partial charge in [0.05, 0.1) is 29.8 Å². The predicted octanol–water partition coefficient (Wildman–Crippen LogP) is 4.38. The van der Waals surface area contributed by atoms with Crippen LogP contribution in [0.4, 0.5) is 13.2 Å². The predicted molar refractivity (Wildman–Crippen MR) is 113 cm³/mol. The molecule has 1 heterocycles. The van der Waals surface area contributed by atoms with Crippen LogP contribution in [0.3, 0.4) is 0 Å². The number of hydrogen-bond donors (Lipinski definition) is 0. The molecule has 0 N–H and O–H groups in total. The van der Waals surface area contributed by atoms with Crippen LogP contribution in [0.2, 0.25) is 0 Å². The van der Waals surface area contributed by atoms with Crippen LogP contribution in [0.5, 0.6) is 0 Å². The van der Waals surface area contributed by atoms with E-state index in [0.29, 0.717) is 12.2 Å². The first-order valence-corrected chi connectivity index (χ1v) is 11.9. The second kappa shape index (κ2) is 9.09. The molecule has 0 atom stereocenters. The number of carbonyl (C=O) groups excluding carboxylic acids is 1. The summed E-state index contributed by atoms with van der Waals surface area (Å²) in [7, 11) is -4.01. The topological polar surface area (TPSA) is 72.3 Å². The highest BCUT2D eigenvalue weighted by Crippen LogP contribution is 2.39. The van der Waals surface area contributed by atoms with E-state index >= 15 is 0 Å². The number of benzene rings is 1. The first-order valence-electron chi connectivity index (χ1n) is 10.3. The van der Waals surface area contributed by atoms with Crippen molar-refractivity contribution < 1.29 is 26.4 Å². The lowest BCUT2D eigenvalue weighted by Crippen LogP contribution is -2.34. The van der Waals surface area contributed by atoms with E-state index in [1.807, 2.05) is 0 Å². The zero-order valence-corrected chi connectivity index (χ0v) is 18.8. The van der Waals surface area contributed by atoms with E-state index in [-0.39, 0.29) is 35.1 Å². The van der Waals surface area contributed by atoms with E-state index in [0.717, 1.165) is 25.0 Å². The second-order valence-electron chi connectivity index (χ2n) is 8.25. The Morgan fingerprint density at radius 1 is 1.34 bits per heavy atom. The third-order valence-corrected chi connectivity index (χ3v) is 6.72. The van der Waals surface area contributed by atoms with Crippen molar-refractivity contribution in [2.45, 2.75) is 56.4 Å². The van der Waals surface area contributed by atoms with Crippen LogP contribution in [0.15, 0.2) is 48.3 Å². The fourth-order valence-electron chi connectivity index (χ4n) is 3.52. The Morgan fingerprint density at radius 3 is 2.59 bits per heavy atom. The Bertz CT molecular complexity index is 1100. The molecule has 0 saturated heterocycles. The van der Waals surface area contributed by atoms with Crippen LogP contribution < -0.4 is 0 Å². The van der Waals surface area contributed by atoms with Crippen molar-refractivity contribution in [1.29, 1.82) is 0 Å². The maximum absolute atomic E-state index is 13.1. The SMILES string of the molecule is C=CCN(Cc1cnc(S(=O)(=O)Cc2cccc(C(F)(F)F)c2)n1C1CC1)C(=O)C(C)C. The van der Waals surface area contributed by atoms with Crippen molar-refractivity contribution in [1.82, 2.24) is 14.5 Å². The molecule has 1 fully saturated rings. The van der Waals surface area contributed by atoms with Gasteiger partial charge in [-0.05, 0) is 24.5 Å². The lowest BCUT2D eigenvalue weighted by atomic mass is 10.1. The van der Waals surface area contributed by atoms with Crippen molar-refractivity contribution in [2.75, 3.05) is 6.54 Å². The van der Waals surface area contributed by atoms with Crippen LogP contribution >= 0.6 is 0 Å². The van der Waals surface area contributed by atoms with Crippen molar-refractivity contribution in [2.24, 2.45) is 5.92 Å². The lowest BCUT2D eigenvalue weighted by molar-refractivity contribution is -0.137. The van der Waals surface area contributed by atoms with E-state index < -0.39 is 27.3 Å². The summed E-state index contributed by atoms with van der Waals surface area (Å²) >= 11 is 0. The van der Waals surface area contributed by atoms with Crippen LogP contribution in [0.1, 0.15) is 49.6 Å². The summed E-state index contributed by atoms with van der Waals surface area (Å²) in [5.41, 5.74) is -0.287. The summed E-state index contributed by atoms with van der Waals surface area (Å²) in [6, 6.07) is 4.23. The van der Waals surface area contributed by atoms with Crippen LogP contribution in [-0.4, -0.2) is 35.3 Å². The molecule has 0 radical (unpaired) electrons. The molecule has 0 bridgehead atoms. The molecule has 0 spiro atoms. The van der Waals surface area contributed by atoms with Gasteiger partial charge in [0.25, 0.3) is 0 Å². The van der Waals surface area contributed by atoms with Gasteiger partial charge in [-0.1, -0.05) is 38.1 Å². The molecule has 3 rings (SSSR count). The molecule has 0 aliphatic heterocycles. The quantitative estimate of drug-likeness (QED) is 0.511. The third kappa shape index (κ3) is 5.40. The van der Waals surface area contributed by atoms with E-state index in [1.165, 1.54) is 18.3 Å². The zero-order valence-electron chi connectivity index (χ0n) is 18.0. The van der Waals surface area contributed by atoms with E-state index in [1.54, 1.807) is 29.4 Å². The van der Waals surface area contributed by atoms with Gasteiger partial charge in [0.1, 0.15) is 0 Å². The van der Waals surface area contributed by atoms with Crippen molar-refractivity contribution in [3.05, 3.63) is 59.9 Å². The number of alkyl halides is 3. The molecule has 1 aliphatic carbocycles. The molecule has 1 amide bonds. The number of rotatable bonds is 9. The molecule has 1 aliphatic rings. The number of aromatic nitrogens is 2. The number of nitrogens with zero attached hydrogens (tertiary/aromatic N) is 3. The highest BCUT2D eigenvalue weighted by molar-refractivity contribution is 7.90. The van der Waals surface area contributed by atoms with Gasteiger partial charge in [-0.25, -0.2) is 13.4 Å². The minimum Gasteiger partial charge on any atom is -0.333 e. The number of sulfone groups is 1. The average Bonchev–Trinajstić information content (AvgIpc) is 3.45. The summed E-state index contributed by atoms with van der Waals surface area (Å²) in [4.78, 5) is 18.2. The number of imidazole rings is 1. The van der Waals surface area contributed by atoms with Crippen LogP contribution in [-0.2, 0) is 33.1 Å². The number of hydrogen-bond acceptors (Lipinski definition) is 4. The minimum atomic E-state index is -4.56. The highest BCUT2D eigenvalue weighted by Gasteiger charge is 2.35. The molecule has 1 aromatic carbocycles. The molecule has 174 valence electrons. The Balaban J connectivity index is 1.92. The van der Waals surface area contributed by atoms with E-state index in [2.05, 4.69) is 11.6 Å². The van der Waals surface area contributed by atoms with E-state index in [4.69, 9.17) is 0 Å². The van der Waals surface area contributed by atoms with Crippen molar-refractivity contribution >= 4 is 15.7 Å². The maximum atomic E-state index is 13.1. The molecular weight excluding hydrogens is 443 g/mol. The summed E-state index contributed by atoms with van der Waals surface area (Å²) in [6.45, 7) is 7.71. The number of amides is 1. The average molecular weight is 470 g/mol. The summed E-state index contributed by atoms with van der Waals surface area (Å²) < 4.78 is 66.9. The van der Waals surface area contributed by atoms with Crippen LogP contribution in [0, 0.1) is 5.92 Å². The Labute approximate surface area is 185 Å². The molecule has 32 heavy (non-hydrogen) atoms. The Hall–Kier alpha value is -2.62. The Kier molecular flexibility index (Phi) is 6.83. The fraction of sp³-hybridized carbons (Fsp3) is 0.455. The second-order valence-corrected chi connectivity index (χ2v) is 10.1. The smallest absolute Gasteiger partial charge is 0.333 e. The monoisotopic (exact) mass is 469 g/mol. The summed E-state index contributed by atoms with van der Waals surface area (Å²) in [5, 5.41) is -0.178. The lowest BCUT2D eigenvalue weighted by Gasteiger charge is -2.24. The fourth-order valence-corrected chi connectivity index (χ4v) is 5.04. The minimum absolute atomic E-state index is 0.0370. The first kappa shape index (κ1) is 24.0. The van der Waals surface area contributed by atoms with Gasteiger partial charge in [0, 0.05) is 18.5 Å². The van der Waals surface area contributed by atoms with Gasteiger partial charge in [0.2, 0.25) is 20.9 Å². The molecule has 1 aromatic heterocycles. The number of halogens is 3. The molecule has 6 nitrogen and oxygen atoms in total. The molecule has 2 aromatic rings. The normalized spacial score (nSPS) is 14.6. The zero-order chi connectivity index (χ0) is 23.7. The van der Waals surface area contributed by atoms with Gasteiger partial charge in [-0.3, -0.25) is 4.79 Å². The summed E-state index contributed by atoms with van der Waals surface area (Å²) in [6.07, 6.45) is 0.0193. The molecule has 10 heteroatoms. The van der Waals surface area contributed by atoms with Gasteiger partial charge in [0.15, 0.2) is 0 Å². The molecule has 1 saturated carbocycles. The first-order chi connectivity index (χ1) is 14.9. The van der Waals surface area contributed by atoms with Gasteiger partial charge >= 0.3 is 6.18 Å². The third-order valence-electron chi connectivity index (χ3n) is 5.15. The molecular formula is C22H26F3N3O3S. The highest BCUT2D eigenvalue weighted by atomic mass is 32.2. The molecule has 0 unspecified atom stereocenters. The van der Waals surface area contributed by atoms with E-state index in [9.17, 15) is 26.4 Å². The van der Waals surface area contributed by atoms with Gasteiger partial charge in [-0.2, -0.15) is 13.2 Å². The number of carbonyl (C=O) groups is 1. The summed E-state index contributed by atoms with van der Waals surface area (Å²) in [5.74, 6) is -0.931.